The van der Waals surface area contributed by atoms with Crippen molar-refractivity contribution in [3.8, 4) is 0 Å². The summed E-state index contributed by atoms with van der Waals surface area (Å²) >= 11 is 0. The molecule has 0 bridgehead atoms. The lowest BCUT2D eigenvalue weighted by Gasteiger charge is -2.40. The van der Waals surface area contributed by atoms with Crippen LogP contribution in [0, 0.1) is 12.8 Å². The van der Waals surface area contributed by atoms with Crippen molar-refractivity contribution in [1.82, 2.24) is 20.1 Å². The van der Waals surface area contributed by atoms with Crippen molar-refractivity contribution in [2.75, 3.05) is 55.6 Å². The van der Waals surface area contributed by atoms with Gasteiger partial charge in [-0.2, -0.15) is 0 Å². The lowest BCUT2D eigenvalue weighted by atomic mass is 9.96. The number of amides is 4. The number of hydrogen-bond donors (Lipinski definition) is 1. The number of piperidine rings is 2. The molecule has 1 N–H and O–H groups in total. The topological polar surface area (TPSA) is 132 Å². The van der Waals surface area contributed by atoms with Gasteiger partial charge in [-0.3, -0.25) is 34.3 Å². The van der Waals surface area contributed by atoms with Crippen LogP contribution in [0.25, 0.3) is 0 Å². The Balaban J connectivity index is 1.08. The van der Waals surface area contributed by atoms with E-state index in [1.165, 1.54) is 0 Å². The fourth-order valence-electron chi connectivity index (χ4n) is 6.36. The summed E-state index contributed by atoms with van der Waals surface area (Å²) in [6, 6.07) is 8.27. The number of nitrogens with one attached hydrogen (secondary N) is 1. The first-order valence-electron chi connectivity index (χ1n) is 16.1. The van der Waals surface area contributed by atoms with Crippen LogP contribution in [0.3, 0.4) is 0 Å². The Labute approximate surface area is 270 Å². The van der Waals surface area contributed by atoms with Crippen LogP contribution in [0.15, 0.2) is 36.5 Å². The van der Waals surface area contributed by atoms with Crippen LogP contribution in [0.2, 0.25) is 0 Å². The maximum absolute atomic E-state index is 13.2. The van der Waals surface area contributed by atoms with Crippen molar-refractivity contribution in [2.45, 2.75) is 65.0 Å². The number of pyridine rings is 1. The van der Waals surface area contributed by atoms with Gasteiger partial charge in [-0.05, 0) is 88.8 Å². The summed E-state index contributed by atoms with van der Waals surface area (Å²) in [5.74, 6) is -0.432. The lowest BCUT2D eigenvalue weighted by molar-refractivity contribution is -0.139. The number of imide groups is 2. The average Bonchev–Trinajstić information content (AvgIpc) is 3.02. The molecule has 12 heteroatoms. The third-order valence-corrected chi connectivity index (χ3v) is 8.91. The van der Waals surface area contributed by atoms with Gasteiger partial charge in [-0.15, -0.1) is 0 Å². The normalized spacial score (nSPS) is 19.9. The van der Waals surface area contributed by atoms with E-state index in [0.717, 1.165) is 80.6 Å². The van der Waals surface area contributed by atoms with Gasteiger partial charge in [0.2, 0.25) is 18.2 Å². The van der Waals surface area contributed by atoms with Crippen molar-refractivity contribution in [1.29, 1.82) is 0 Å². The molecule has 1 atom stereocenters. The molecule has 46 heavy (non-hydrogen) atoms. The molecule has 0 spiro atoms. The minimum absolute atomic E-state index is 0.0850. The maximum atomic E-state index is 13.2. The Morgan fingerprint density at radius 3 is 2.30 bits per heavy atom. The number of piperazine rings is 1. The van der Waals surface area contributed by atoms with E-state index < -0.39 is 29.4 Å². The fraction of sp³-hybridized carbons (Fsp3) is 0.529. The zero-order valence-electron chi connectivity index (χ0n) is 27.2. The lowest BCUT2D eigenvalue weighted by Crippen LogP contribution is -2.54. The summed E-state index contributed by atoms with van der Waals surface area (Å²) in [7, 11) is 0. The highest BCUT2D eigenvalue weighted by atomic mass is 16.6. The summed E-state index contributed by atoms with van der Waals surface area (Å²) in [4.78, 5) is 73.6. The van der Waals surface area contributed by atoms with E-state index in [1.54, 1.807) is 18.3 Å². The van der Waals surface area contributed by atoms with Gasteiger partial charge in [0.15, 0.2) is 0 Å². The number of hydrogen-bond acceptors (Lipinski definition) is 10. The molecule has 1 aromatic heterocycles. The highest BCUT2D eigenvalue weighted by molar-refractivity contribution is 6.07. The first-order chi connectivity index (χ1) is 21.9. The standard InChI is InChI=1S/C34H44N6O6/c1-23-19-26(6-7-27(23)32(44)40(22-41)28-8-10-30(42)36-31(28)43)38-17-15-37(16-18-38)21-24-11-13-39(14-12-24)29-9-5-25(20-35-29)33(45)46-34(2,3)4/h5-7,9,19-20,22,24,28H,8,10-18,21H2,1-4H3,(H,36,42,43). The minimum Gasteiger partial charge on any atom is -0.456 e. The van der Waals surface area contributed by atoms with Crippen molar-refractivity contribution >= 4 is 41.6 Å². The second kappa shape index (κ2) is 14.0. The molecule has 4 heterocycles. The molecule has 3 aliphatic heterocycles. The second-order valence-corrected chi connectivity index (χ2v) is 13.4. The van der Waals surface area contributed by atoms with Gasteiger partial charge in [-0.1, -0.05) is 0 Å². The van der Waals surface area contributed by atoms with Gasteiger partial charge < -0.3 is 14.5 Å². The Hall–Kier alpha value is -4.32. The zero-order chi connectivity index (χ0) is 33.0. The number of carbonyl (C=O) groups excluding carboxylic acids is 5. The van der Waals surface area contributed by atoms with Crippen LogP contribution in [0.1, 0.15) is 72.7 Å². The third kappa shape index (κ3) is 7.90. The SMILES string of the molecule is Cc1cc(N2CCN(CC3CCN(c4ccc(C(=O)OC(C)(C)C)cn4)CC3)CC2)ccc1C(=O)N(C=O)C1CCC(=O)NC1=O. The molecule has 3 fully saturated rings. The molecule has 5 rings (SSSR count). The van der Waals surface area contributed by atoms with Crippen LogP contribution in [-0.2, 0) is 19.1 Å². The smallest absolute Gasteiger partial charge is 0.340 e. The molecule has 0 radical (unpaired) electrons. The van der Waals surface area contributed by atoms with Crippen molar-refractivity contribution in [3.63, 3.8) is 0 Å². The van der Waals surface area contributed by atoms with E-state index in [-0.39, 0.29) is 18.8 Å². The van der Waals surface area contributed by atoms with Gasteiger partial charge in [0.1, 0.15) is 17.5 Å². The molecular weight excluding hydrogens is 588 g/mol. The Kier molecular flexibility index (Phi) is 10.0. The third-order valence-electron chi connectivity index (χ3n) is 8.91. The summed E-state index contributed by atoms with van der Waals surface area (Å²) in [5, 5.41) is 2.21. The van der Waals surface area contributed by atoms with Gasteiger partial charge in [0.25, 0.3) is 5.91 Å². The van der Waals surface area contributed by atoms with E-state index in [2.05, 4.69) is 25.0 Å². The molecule has 4 amide bonds. The number of esters is 1. The average molecular weight is 633 g/mol. The molecule has 3 saturated heterocycles. The molecule has 246 valence electrons. The van der Waals surface area contributed by atoms with Crippen molar-refractivity contribution in [2.24, 2.45) is 5.92 Å². The number of aromatic nitrogens is 1. The van der Waals surface area contributed by atoms with Crippen LogP contribution in [0.4, 0.5) is 11.5 Å². The first-order valence-corrected chi connectivity index (χ1v) is 16.1. The summed E-state index contributed by atoms with van der Waals surface area (Å²) in [6.07, 6.45) is 4.35. The van der Waals surface area contributed by atoms with Crippen LogP contribution < -0.4 is 15.1 Å². The summed E-state index contributed by atoms with van der Waals surface area (Å²) < 4.78 is 5.44. The predicted molar refractivity (Wildman–Crippen MR) is 173 cm³/mol. The molecule has 1 unspecified atom stereocenters. The molecule has 0 aliphatic carbocycles. The van der Waals surface area contributed by atoms with Gasteiger partial charge >= 0.3 is 5.97 Å². The number of carbonyl (C=O) groups is 5. The molecule has 1 aromatic carbocycles. The highest BCUT2D eigenvalue weighted by Crippen LogP contribution is 2.26. The van der Waals surface area contributed by atoms with Crippen LogP contribution in [0.5, 0.6) is 0 Å². The number of ether oxygens (including phenoxy) is 1. The summed E-state index contributed by atoms with van der Waals surface area (Å²) in [5.41, 5.74) is 2.03. The molecule has 3 aliphatic rings. The van der Waals surface area contributed by atoms with Gasteiger partial charge in [0.05, 0.1) is 5.56 Å². The maximum Gasteiger partial charge on any atom is 0.340 e. The quantitative estimate of drug-likeness (QED) is 0.263. The zero-order valence-corrected chi connectivity index (χ0v) is 27.2. The van der Waals surface area contributed by atoms with E-state index in [1.807, 2.05) is 45.9 Å². The number of rotatable bonds is 8. The highest BCUT2D eigenvalue weighted by Gasteiger charge is 2.35. The molecule has 0 saturated carbocycles. The number of nitrogens with zero attached hydrogens (tertiary/aromatic N) is 5. The largest absolute Gasteiger partial charge is 0.456 e. The van der Waals surface area contributed by atoms with E-state index >= 15 is 0 Å². The first kappa shape index (κ1) is 33.1. The van der Waals surface area contributed by atoms with Crippen LogP contribution >= 0.6 is 0 Å². The van der Waals surface area contributed by atoms with Gasteiger partial charge in [0, 0.05) is 69.7 Å². The Morgan fingerprint density at radius 1 is 1.00 bits per heavy atom. The number of anilines is 2. The summed E-state index contributed by atoms with van der Waals surface area (Å²) in [6.45, 7) is 13.9. The molecule has 12 nitrogen and oxygen atoms in total. The number of aryl methyl sites for hydroxylation is 1. The predicted octanol–water partition coefficient (Wildman–Crippen LogP) is 2.79. The van der Waals surface area contributed by atoms with Crippen LogP contribution in [-0.4, -0.2) is 102 Å². The number of benzene rings is 1. The molecular formula is C34H44N6O6. The monoisotopic (exact) mass is 632 g/mol. The van der Waals surface area contributed by atoms with Crippen molar-refractivity contribution in [3.05, 3.63) is 53.2 Å². The van der Waals surface area contributed by atoms with E-state index in [0.29, 0.717) is 23.5 Å². The Bertz CT molecular complexity index is 1460. The fourth-order valence-corrected chi connectivity index (χ4v) is 6.36. The van der Waals surface area contributed by atoms with Crippen molar-refractivity contribution < 1.29 is 28.7 Å². The molecule has 2 aromatic rings. The second-order valence-electron chi connectivity index (χ2n) is 13.4. The Morgan fingerprint density at radius 2 is 1.72 bits per heavy atom. The van der Waals surface area contributed by atoms with E-state index in [9.17, 15) is 24.0 Å². The minimum atomic E-state index is -0.990. The van der Waals surface area contributed by atoms with Gasteiger partial charge in [-0.25, -0.2) is 9.78 Å². The van der Waals surface area contributed by atoms with E-state index in [4.69, 9.17) is 4.74 Å².